The van der Waals surface area contributed by atoms with Crippen LogP contribution in [0, 0.1) is 5.41 Å². The van der Waals surface area contributed by atoms with Gasteiger partial charge in [-0.2, -0.15) is 0 Å². The lowest BCUT2D eigenvalue weighted by molar-refractivity contribution is -0.148. The molecule has 1 aliphatic carbocycles. The molecule has 0 spiro atoms. The second-order valence-electron chi connectivity index (χ2n) is 5.45. The Morgan fingerprint density at radius 2 is 2.19 bits per heavy atom. The van der Waals surface area contributed by atoms with E-state index in [1.165, 1.54) is 11.3 Å². The zero-order valence-corrected chi connectivity index (χ0v) is 12.9. The van der Waals surface area contributed by atoms with Gasteiger partial charge in [-0.25, -0.2) is 9.78 Å². The van der Waals surface area contributed by atoms with Gasteiger partial charge in [0.15, 0.2) is 0 Å². The number of carboxylic acid groups (broad SMARTS) is 1. The molecule has 0 aliphatic heterocycles. The maximum atomic E-state index is 12.0. The van der Waals surface area contributed by atoms with E-state index in [0.29, 0.717) is 12.8 Å². The normalized spacial score (nSPS) is 18.1. The summed E-state index contributed by atoms with van der Waals surface area (Å²) < 4.78 is 0. The topological polar surface area (TPSA) is 91.3 Å². The van der Waals surface area contributed by atoms with E-state index in [1.54, 1.807) is 6.20 Å². The van der Waals surface area contributed by atoms with Crippen molar-refractivity contribution in [2.45, 2.75) is 45.1 Å². The van der Waals surface area contributed by atoms with Crippen LogP contribution in [0.25, 0.3) is 0 Å². The van der Waals surface area contributed by atoms with Crippen LogP contribution in [-0.2, 0) is 4.79 Å². The van der Waals surface area contributed by atoms with Gasteiger partial charge in [0.2, 0.25) is 0 Å². The highest BCUT2D eigenvalue weighted by atomic mass is 32.1. The fourth-order valence-electron chi connectivity index (χ4n) is 2.72. The molecule has 0 saturated heterocycles. The molecule has 1 atom stereocenters. The van der Waals surface area contributed by atoms with Gasteiger partial charge in [-0.05, 0) is 19.3 Å². The van der Waals surface area contributed by atoms with Crippen LogP contribution in [0.1, 0.15) is 50.1 Å². The van der Waals surface area contributed by atoms with Crippen LogP contribution in [0.15, 0.2) is 11.6 Å². The molecule has 21 heavy (non-hydrogen) atoms. The molecule has 2 amide bonds. The van der Waals surface area contributed by atoms with Crippen molar-refractivity contribution in [1.29, 1.82) is 0 Å². The first kappa shape index (κ1) is 15.8. The van der Waals surface area contributed by atoms with Crippen molar-refractivity contribution in [2.24, 2.45) is 5.41 Å². The van der Waals surface area contributed by atoms with Crippen molar-refractivity contribution in [3.8, 4) is 0 Å². The molecule has 7 heteroatoms. The fraction of sp³-hybridized carbons (Fsp3) is 0.643. The monoisotopic (exact) mass is 311 g/mol. The number of hydrogen-bond acceptors (Lipinski definition) is 4. The summed E-state index contributed by atoms with van der Waals surface area (Å²) in [6.45, 7) is 2.16. The number of aromatic nitrogens is 1. The van der Waals surface area contributed by atoms with Crippen molar-refractivity contribution < 1.29 is 14.7 Å². The molecule has 6 nitrogen and oxygen atoms in total. The summed E-state index contributed by atoms with van der Waals surface area (Å²) in [6.07, 6.45) is 5.53. The van der Waals surface area contributed by atoms with E-state index < -0.39 is 11.4 Å². The second-order valence-corrected chi connectivity index (χ2v) is 6.38. The number of carboxylic acids is 1. The van der Waals surface area contributed by atoms with E-state index in [2.05, 4.69) is 15.6 Å². The molecule has 2 rings (SSSR count). The van der Waals surface area contributed by atoms with E-state index in [0.717, 1.165) is 24.3 Å². The second kappa shape index (κ2) is 6.89. The van der Waals surface area contributed by atoms with Gasteiger partial charge >= 0.3 is 12.0 Å². The molecule has 0 aromatic carbocycles. The van der Waals surface area contributed by atoms with Crippen molar-refractivity contribution in [1.82, 2.24) is 15.6 Å². The van der Waals surface area contributed by atoms with Crippen molar-refractivity contribution in [3.63, 3.8) is 0 Å². The maximum absolute atomic E-state index is 12.0. The minimum atomic E-state index is -0.813. The Bertz CT molecular complexity index is 484. The highest BCUT2D eigenvalue weighted by Crippen LogP contribution is 2.37. The molecular weight excluding hydrogens is 290 g/mol. The van der Waals surface area contributed by atoms with E-state index in [-0.39, 0.29) is 18.6 Å². The SMILES string of the molecule is CCC(NC(=O)NCC1(C(=O)O)CCCC1)c1nccs1. The van der Waals surface area contributed by atoms with Crippen LogP contribution < -0.4 is 10.6 Å². The van der Waals surface area contributed by atoms with Crippen LogP contribution >= 0.6 is 11.3 Å². The average Bonchev–Trinajstić information content (AvgIpc) is 3.14. The van der Waals surface area contributed by atoms with Crippen LogP contribution in [0.2, 0.25) is 0 Å². The number of carbonyl (C=O) groups is 2. The molecule has 1 saturated carbocycles. The van der Waals surface area contributed by atoms with Gasteiger partial charge in [0.25, 0.3) is 0 Å². The van der Waals surface area contributed by atoms with E-state index in [1.807, 2.05) is 12.3 Å². The summed E-state index contributed by atoms with van der Waals surface area (Å²) in [5.74, 6) is -0.813. The van der Waals surface area contributed by atoms with Gasteiger partial charge in [0.05, 0.1) is 11.5 Å². The Morgan fingerprint density at radius 3 is 2.71 bits per heavy atom. The zero-order chi connectivity index (χ0) is 15.3. The van der Waals surface area contributed by atoms with Crippen molar-refractivity contribution in [2.75, 3.05) is 6.54 Å². The Morgan fingerprint density at radius 1 is 1.48 bits per heavy atom. The first-order valence-corrected chi connectivity index (χ1v) is 8.12. The van der Waals surface area contributed by atoms with E-state index >= 15 is 0 Å². The van der Waals surface area contributed by atoms with Crippen LogP contribution in [0.3, 0.4) is 0 Å². The average molecular weight is 311 g/mol. The molecule has 1 fully saturated rings. The first-order valence-electron chi connectivity index (χ1n) is 7.24. The molecular formula is C14H21N3O3S. The number of nitrogens with one attached hydrogen (secondary N) is 2. The number of amides is 2. The van der Waals surface area contributed by atoms with Crippen LogP contribution in [-0.4, -0.2) is 28.6 Å². The molecule has 1 heterocycles. The number of aliphatic carboxylic acids is 1. The highest BCUT2D eigenvalue weighted by molar-refractivity contribution is 7.09. The Kier molecular flexibility index (Phi) is 5.17. The lowest BCUT2D eigenvalue weighted by atomic mass is 9.86. The van der Waals surface area contributed by atoms with E-state index in [9.17, 15) is 14.7 Å². The molecule has 1 aromatic rings. The summed E-state index contributed by atoms with van der Waals surface area (Å²) >= 11 is 1.50. The molecule has 1 aliphatic rings. The van der Waals surface area contributed by atoms with Crippen molar-refractivity contribution in [3.05, 3.63) is 16.6 Å². The van der Waals surface area contributed by atoms with Crippen LogP contribution in [0.5, 0.6) is 0 Å². The summed E-state index contributed by atoms with van der Waals surface area (Å²) in [6, 6.07) is -0.459. The third-order valence-electron chi connectivity index (χ3n) is 4.06. The van der Waals surface area contributed by atoms with Gasteiger partial charge in [-0.1, -0.05) is 19.8 Å². The van der Waals surface area contributed by atoms with Crippen LogP contribution in [0.4, 0.5) is 4.79 Å². The number of urea groups is 1. The quantitative estimate of drug-likeness (QED) is 0.753. The third-order valence-corrected chi connectivity index (χ3v) is 4.95. The summed E-state index contributed by atoms with van der Waals surface area (Å²) in [4.78, 5) is 27.6. The van der Waals surface area contributed by atoms with Gasteiger partial charge in [-0.15, -0.1) is 11.3 Å². The molecule has 1 unspecified atom stereocenters. The maximum Gasteiger partial charge on any atom is 0.315 e. The number of hydrogen-bond donors (Lipinski definition) is 3. The minimum Gasteiger partial charge on any atom is -0.481 e. The Labute approximate surface area is 128 Å². The molecule has 1 aromatic heterocycles. The Balaban J connectivity index is 1.88. The fourth-order valence-corrected chi connectivity index (χ4v) is 3.49. The summed E-state index contributed by atoms with van der Waals surface area (Å²) in [5, 5.41) is 17.7. The van der Waals surface area contributed by atoms with Gasteiger partial charge < -0.3 is 15.7 Å². The number of nitrogens with zero attached hydrogens (tertiary/aromatic N) is 1. The van der Waals surface area contributed by atoms with Gasteiger partial charge in [-0.3, -0.25) is 4.79 Å². The number of thiazole rings is 1. The minimum absolute atomic E-state index is 0.130. The smallest absolute Gasteiger partial charge is 0.315 e. The third kappa shape index (κ3) is 3.72. The first-order chi connectivity index (χ1) is 10.1. The van der Waals surface area contributed by atoms with Gasteiger partial charge in [0.1, 0.15) is 5.01 Å². The van der Waals surface area contributed by atoms with Gasteiger partial charge in [0, 0.05) is 18.1 Å². The molecule has 116 valence electrons. The lowest BCUT2D eigenvalue weighted by Crippen LogP contribution is -2.45. The number of carbonyl (C=O) groups excluding carboxylic acids is 1. The standard InChI is InChI=1S/C14H21N3O3S/c1-2-10(11-15-7-8-21-11)17-13(20)16-9-14(12(18)19)5-3-4-6-14/h7-8,10H,2-6,9H2,1H3,(H,18,19)(H2,16,17,20). The van der Waals surface area contributed by atoms with Crippen molar-refractivity contribution >= 4 is 23.3 Å². The predicted octanol–water partition coefficient (Wildman–Crippen LogP) is 2.54. The summed E-state index contributed by atoms with van der Waals surface area (Å²) in [7, 11) is 0. The predicted molar refractivity (Wildman–Crippen MR) is 80.2 cm³/mol. The zero-order valence-electron chi connectivity index (χ0n) is 12.1. The summed E-state index contributed by atoms with van der Waals surface area (Å²) in [5.41, 5.74) is -0.791. The highest BCUT2D eigenvalue weighted by Gasteiger charge is 2.41. The lowest BCUT2D eigenvalue weighted by Gasteiger charge is -2.24. The molecule has 0 bridgehead atoms. The number of rotatable bonds is 6. The molecule has 0 radical (unpaired) electrons. The molecule has 3 N–H and O–H groups in total. The van der Waals surface area contributed by atoms with E-state index in [4.69, 9.17) is 0 Å². The largest absolute Gasteiger partial charge is 0.481 e. The Hall–Kier alpha value is -1.63.